The van der Waals surface area contributed by atoms with Crippen molar-refractivity contribution in [1.82, 2.24) is 10.2 Å². The maximum Gasteiger partial charge on any atom is 0.228 e. The van der Waals surface area contributed by atoms with Crippen molar-refractivity contribution in [3.8, 4) is 0 Å². The first-order valence-corrected chi connectivity index (χ1v) is 8.07. The molecular formula is C16H30N2O. The number of amides is 1. The van der Waals surface area contributed by atoms with Crippen LogP contribution in [0.15, 0.2) is 0 Å². The first kappa shape index (κ1) is 14.8. The number of carbonyl (C=O) groups excluding carboxylic acids is 1. The average Bonchev–Trinajstić information content (AvgIpc) is 2.88. The fourth-order valence-corrected chi connectivity index (χ4v) is 3.57. The molecule has 19 heavy (non-hydrogen) atoms. The Morgan fingerprint density at radius 1 is 1.26 bits per heavy atom. The van der Waals surface area contributed by atoms with Crippen LogP contribution in [-0.4, -0.2) is 36.0 Å². The van der Waals surface area contributed by atoms with Crippen LogP contribution in [0.5, 0.6) is 0 Å². The fourth-order valence-electron chi connectivity index (χ4n) is 3.57. The minimum atomic E-state index is -0.0961. The lowest BCUT2D eigenvalue weighted by Crippen LogP contribution is -2.50. The topological polar surface area (TPSA) is 32.3 Å². The molecule has 1 aliphatic heterocycles. The van der Waals surface area contributed by atoms with Gasteiger partial charge in [0.1, 0.15) is 0 Å². The van der Waals surface area contributed by atoms with Crippen LogP contribution in [0.4, 0.5) is 0 Å². The predicted octanol–water partition coefficient (Wildman–Crippen LogP) is 2.95. The van der Waals surface area contributed by atoms with Gasteiger partial charge in [0.2, 0.25) is 5.91 Å². The van der Waals surface area contributed by atoms with Crippen molar-refractivity contribution in [3.05, 3.63) is 0 Å². The molecule has 1 aliphatic carbocycles. The molecule has 1 atom stereocenters. The lowest BCUT2D eigenvalue weighted by molar-refractivity contribution is -0.145. The third kappa shape index (κ3) is 3.50. The van der Waals surface area contributed by atoms with Gasteiger partial charge in [-0.25, -0.2) is 0 Å². The molecule has 0 spiro atoms. The van der Waals surface area contributed by atoms with Crippen molar-refractivity contribution in [3.63, 3.8) is 0 Å². The summed E-state index contributed by atoms with van der Waals surface area (Å²) >= 11 is 0. The Kier molecular flexibility index (Phi) is 4.88. The van der Waals surface area contributed by atoms with Crippen molar-refractivity contribution >= 4 is 5.91 Å². The van der Waals surface area contributed by atoms with E-state index in [0.29, 0.717) is 18.0 Å². The van der Waals surface area contributed by atoms with Crippen LogP contribution in [-0.2, 0) is 4.79 Å². The zero-order chi connectivity index (χ0) is 13.9. The maximum atomic E-state index is 12.9. The third-order valence-electron chi connectivity index (χ3n) is 4.94. The molecule has 1 saturated heterocycles. The maximum absolute atomic E-state index is 12.9. The minimum Gasteiger partial charge on any atom is -0.338 e. The van der Waals surface area contributed by atoms with Crippen LogP contribution in [0.3, 0.4) is 0 Å². The van der Waals surface area contributed by atoms with E-state index in [1.807, 2.05) is 0 Å². The second kappa shape index (κ2) is 6.25. The summed E-state index contributed by atoms with van der Waals surface area (Å²) in [4.78, 5) is 15.1. The Balaban J connectivity index is 2.02. The van der Waals surface area contributed by atoms with Crippen LogP contribution >= 0.6 is 0 Å². The van der Waals surface area contributed by atoms with Gasteiger partial charge in [0, 0.05) is 24.0 Å². The summed E-state index contributed by atoms with van der Waals surface area (Å²) in [6.07, 6.45) is 8.36. The van der Waals surface area contributed by atoms with Gasteiger partial charge in [-0.05, 0) is 46.1 Å². The quantitative estimate of drug-likeness (QED) is 0.848. The van der Waals surface area contributed by atoms with Crippen molar-refractivity contribution in [2.24, 2.45) is 5.41 Å². The van der Waals surface area contributed by atoms with Crippen LogP contribution < -0.4 is 5.32 Å². The number of nitrogens with zero attached hydrogens (tertiary/aromatic N) is 1. The minimum absolute atomic E-state index is 0.0961. The molecule has 1 amide bonds. The summed E-state index contributed by atoms with van der Waals surface area (Å²) in [6, 6.07) is 0.826. The Labute approximate surface area is 118 Å². The molecule has 2 fully saturated rings. The van der Waals surface area contributed by atoms with Gasteiger partial charge in [0.05, 0.1) is 0 Å². The van der Waals surface area contributed by atoms with E-state index in [0.717, 1.165) is 25.9 Å². The monoisotopic (exact) mass is 266 g/mol. The largest absolute Gasteiger partial charge is 0.338 e. The highest BCUT2D eigenvalue weighted by Gasteiger charge is 2.39. The second-order valence-electron chi connectivity index (χ2n) is 6.97. The molecule has 110 valence electrons. The van der Waals surface area contributed by atoms with E-state index < -0.39 is 0 Å². The van der Waals surface area contributed by atoms with Gasteiger partial charge in [0.25, 0.3) is 0 Å². The molecule has 0 aromatic rings. The predicted molar refractivity (Wildman–Crippen MR) is 79.1 cm³/mol. The van der Waals surface area contributed by atoms with E-state index in [2.05, 4.69) is 31.0 Å². The smallest absolute Gasteiger partial charge is 0.228 e. The SMILES string of the molecule is CC(C)N(CC1CCCN1)C(=O)C1(C)CCCCC1. The summed E-state index contributed by atoms with van der Waals surface area (Å²) in [5.74, 6) is 0.399. The molecule has 1 heterocycles. The number of nitrogens with one attached hydrogen (secondary N) is 1. The number of carbonyl (C=O) groups is 1. The van der Waals surface area contributed by atoms with E-state index in [-0.39, 0.29) is 5.41 Å². The lowest BCUT2D eigenvalue weighted by Gasteiger charge is -2.40. The molecule has 1 unspecified atom stereocenters. The second-order valence-corrected chi connectivity index (χ2v) is 6.97. The molecule has 0 radical (unpaired) electrons. The van der Waals surface area contributed by atoms with Crippen molar-refractivity contribution in [1.29, 1.82) is 0 Å². The van der Waals surface area contributed by atoms with Crippen molar-refractivity contribution < 1.29 is 4.79 Å². The zero-order valence-electron chi connectivity index (χ0n) is 12.9. The molecule has 2 aliphatic rings. The van der Waals surface area contributed by atoms with Gasteiger partial charge in [0.15, 0.2) is 0 Å². The Bertz CT molecular complexity index is 302. The molecule has 1 saturated carbocycles. The van der Waals surface area contributed by atoms with Gasteiger partial charge in [-0.1, -0.05) is 26.2 Å². The van der Waals surface area contributed by atoms with Gasteiger partial charge in [-0.15, -0.1) is 0 Å². The summed E-state index contributed by atoms with van der Waals surface area (Å²) in [6.45, 7) is 8.50. The number of rotatable bonds is 4. The highest BCUT2D eigenvalue weighted by Crippen LogP contribution is 2.38. The Morgan fingerprint density at radius 3 is 2.47 bits per heavy atom. The molecule has 1 N–H and O–H groups in total. The van der Waals surface area contributed by atoms with Gasteiger partial charge in [-0.3, -0.25) is 4.79 Å². The third-order valence-corrected chi connectivity index (χ3v) is 4.94. The molecule has 0 aromatic carbocycles. The first-order chi connectivity index (χ1) is 9.03. The van der Waals surface area contributed by atoms with Crippen molar-refractivity contribution in [2.45, 2.75) is 77.8 Å². The van der Waals surface area contributed by atoms with E-state index in [4.69, 9.17) is 0 Å². The Hall–Kier alpha value is -0.570. The Morgan fingerprint density at radius 2 is 1.95 bits per heavy atom. The van der Waals surface area contributed by atoms with Crippen LogP contribution in [0.1, 0.15) is 65.7 Å². The summed E-state index contributed by atoms with van der Waals surface area (Å²) in [5.41, 5.74) is -0.0961. The molecule has 0 bridgehead atoms. The summed E-state index contributed by atoms with van der Waals surface area (Å²) in [7, 11) is 0. The number of hydrogen-bond acceptors (Lipinski definition) is 2. The van der Waals surface area contributed by atoms with Crippen LogP contribution in [0.2, 0.25) is 0 Å². The zero-order valence-corrected chi connectivity index (χ0v) is 12.9. The van der Waals surface area contributed by atoms with E-state index >= 15 is 0 Å². The number of hydrogen-bond donors (Lipinski definition) is 1. The molecule has 3 heteroatoms. The highest BCUT2D eigenvalue weighted by atomic mass is 16.2. The van der Waals surface area contributed by atoms with E-state index in [1.165, 1.54) is 32.1 Å². The van der Waals surface area contributed by atoms with Gasteiger partial charge >= 0.3 is 0 Å². The van der Waals surface area contributed by atoms with E-state index in [1.54, 1.807) is 0 Å². The lowest BCUT2D eigenvalue weighted by atomic mass is 9.74. The average molecular weight is 266 g/mol. The van der Waals surface area contributed by atoms with Crippen molar-refractivity contribution in [2.75, 3.05) is 13.1 Å². The van der Waals surface area contributed by atoms with Crippen LogP contribution in [0.25, 0.3) is 0 Å². The molecule has 0 aromatic heterocycles. The summed E-state index contributed by atoms with van der Waals surface area (Å²) < 4.78 is 0. The normalized spacial score (nSPS) is 26.6. The molecular weight excluding hydrogens is 236 g/mol. The van der Waals surface area contributed by atoms with Crippen LogP contribution in [0, 0.1) is 5.41 Å². The fraction of sp³-hybridized carbons (Fsp3) is 0.938. The summed E-state index contributed by atoms with van der Waals surface area (Å²) in [5, 5.41) is 3.52. The van der Waals surface area contributed by atoms with Gasteiger partial charge < -0.3 is 10.2 Å². The highest BCUT2D eigenvalue weighted by molar-refractivity contribution is 5.82. The molecule has 2 rings (SSSR count). The van der Waals surface area contributed by atoms with Gasteiger partial charge in [-0.2, -0.15) is 0 Å². The van der Waals surface area contributed by atoms with E-state index in [9.17, 15) is 4.79 Å². The standard InChI is InChI=1S/C16H30N2O/c1-13(2)18(12-14-8-7-11-17-14)15(19)16(3)9-5-4-6-10-16/h13-14,17H,4-12H2,1-3H3. The molecule has 3 nitrogen and oxygen atoms in total. The first-order valence-electron chi connectivity index (χ1n) is 8.07.